The Labute approximate surface area is 195 Å². The molecule has 174 valence electrons. The van der Waals surface area contributed by atoms with Gasteiger partial charge in [-0.15, -0.1) is 0 Å². The lowest BCUT2D eigenvalue weighted by Crippen LogP contribution is -2.57. The Balaban J connectivity index is 1.53. The van der Waals surface area contributed by atoms with Gasteiger partial charge in [-0.05, 0) is 49.6 Å². The normalized spacial score (nSPS) is 17.7. The largest absolute Gasteiger partial charge is 0.342 e. The highest BCUT2D eigenvalue weighted by atomic mass is 16.2. The van der Waals surface area contributed by atoms with Crippen molar-refractivity contribution in [3.63, 3.8) is 0 Å². The zero-order valence-electron chi connectivity index (χ0n) is 19.6. The van der Waals surface area contributed by atoms with E-state index in [1.165, 1.54) is 0 Å². The first-order chi connectivity index (χ1) is 15.8. The summed E-state index contributed by atoms with van der Waals surface area (Å²) in [6.45, 7) is 7.19. The van der Waals surface area contributed by atoms with Gasteiger partial charge in [0.2, 0.25) is 11.8 Å². The average molecular weight is 449 g/mol. The summed E-state index contributed by atoms with van der Waals surface area (Å²) < 4.78 is 0. The quantitative estimate of drug-likeness (QED) is 0.762. The first-order valence-electron chi connectivity index (χ1n) is 11.6. The molecule has 2 aliphatic heterocycles. The number of amides is 3. The zero-order valence-corrected chi connectivity index (χ0v) is 19.6. The second-order valence-electron chi connectivity index (χ2n) is 9.34. The van der Waals surface area contributed by atoms with E-state index >= 15 is 0 Å². The molecular weight excluding hydrogens is 416 g/mol. The van der Waals surface area contributed by atoms with Crippen LogP contribution in [-0.2, 0) is 14.4 Å². The van der Waals surface area contributed by atoms with Gasteiger partial charge in [0.25, 0.3) is 5.91 Å². The number of hydrogen-bond donors (Lipinski definition) is 1. The van der Waals surface area contributed by atoms with Crippen molar-refractivity contribution >= 4 is 29.1 Å². The third-order valence-corrected chi connectivity index (χ3v) is 6.61. The lowest BCUT2D eigenvalue weighted by Gasteiger charge is -2.43. The Hall–Kier alpha value is -3.35. The van der Waals surface area contributed by atoms with Gasteiger partial charge in [-0.25, -0.2) is 0 Å². The third kappa shape index (κ3) is 4.58. The number of benzene rings is 2. The third-order valence-electron chi connectivity index (χ3n) is 6.61. The molecule has 2 aliphatic rings. The molecule has 2 aromatic carbocycles. The summed E-state index contributed by atoms with van der Waals surface area (Å²) in [5.74, 6) is -0.199. The van der Waals surface area contributed by atoms with E-state index in [1.807, 2.05) is 80.3 Å². The Morgan fingerprint density at radius 1 is 1.03 bits per heavy atom. The predicted octanol–water partition coefficient (Wildman–Crippen LogP) is 3.26. The number of nitrogens with one attached hydrogen (secondary N) is 1. The topological polar surface area (TPSA) is 73.0 Å². The molecule has 2 aromatic rings. The molecule has 0 bridgehead atoms. The van der Waals surface area contributed by atoms with Gasteiger partial charge in [0, 0.05) is 30.4 Å². The van der Waals surface area contributed by atoms with Crippen LogP contribution >= 0.6 is 0 Å². The minimum Gasteiger partial charge on any atom is -0.342 e. The van der Waals surface area contributed by atoms with Crippen molar-refractivity contribution in [1.82, 2.24) is 9.80 Å². The number of likely N-dealkylation sites (tertiary alicyclic amines) is 1. The van der Waals surface area contributed by atoms with E-state index in [-0.39, 0.29) is 30.2 Å². The molecule has 33 heavy (non-hydrogen) atoms. The molecule has 1 N–H and O–H groups in total. The molecule has 1 spiro atoms. The number of anilines is 2. The summed E-state index contributed by atoms with van der Waals surface area (Å²) in [5.41, 5.74) is 2.00. The fraction of sp³-hybridized carbons (Fsp3) is 0.423. The van der Waals surface area contributed by atoms with Crippen LogP contribution in [0.4, 0.5) is 11.4 Å². The smallest absolute Gasteiger partial charge is 0.250 e. The first kappa shape index (κ1) is 22.8. The summed E-state index contributed by atoms with van der Waals surface area (Å²) >= 11 is 0. The molecule has 0 atom stereocenters. The van der Waals surface area contributed by atoms with Gasteiger partial charge in [0.1, 0.15) is 12.1 Å². The molecule has 2 heterocycles. The number of carbonyl (C=O) groups excluding carboxylic acids is 3. The van der Waals surface area contributed by atoms with Gasteiger partial charge in [-0.3, -0.25) is 14.4 Å². The van der Waals surface area contributed by atoms with E-state index in [2.05, 4.69) is 10.2 Å². The van der Waals surface area contributed by atoms with Gasteiger partial charge in [-0.1, -0.05) is 44.2 Å². The van der Waals surface area contributed by atoms with E-state index in [0.717, 1.165) is 16.9 Å². The predicted molar refractivity (Wildman–Crippen MR) is 129 cm³/mol. The van der Waals surface area contributed by atoms with E-state index in [4.69, 9.17) is 0 Å². The average Bonchev–Trinajstić information content (AvgIpc) is 3.05. The molecule has 3 amide bonds. The molecule has 0 saturated carbocycles. The summed E-state index contributed by atoms with van der Waals surface area (Å²) in [5, 5.41) is 2.91. The van der Waals surface area contributed by atoms with Crippen LogP contribution < -0.4 is 10.2 Å². The maximum absolute atomic E-state index is 13.7. The highest BCUT2D eigenvalue weighted by Crippen LogP contribution is 2.39. The zero-order chi connectivity index (χ0) is 23.6. The van der Waals surface area contributed by atoms with Crippen molar-refractivity contribution in [3.8, 4) is 0 Å². The Bertz CT molecular complexity index is 1030. The molecule has 7 heteroatoms. The molecule has 2 fully saturated rings. The molecule has 2 saturated heterocycles. The summed E-state index contributed by atoms with van der Waals surface area (Å²) in [7, 11) is 0. The first-order valence-corrected chi connectivity index (χ1v) is 11.6. The van der Waals surface area contributed by atoms with E-state index < -0.39 is 5.54 Å². The number of aryl methyl sites for hydroxylation is 1. The van der Waals surface area contributed by atoms with Gasteiger partial charge in [0.05, 0.1) is 6.67 Å². The van der Waals surface area contributed by atoms with Gasteiger partial charge in [-0.2, -0.15) is 0 Å². The lowest BCUT2D eigenvalue weighted by atomic mass is 9.85. The van der Waals surface area contributed by atoms with Gasteiger partial charge in [0.15, 0.2) is 0 Å². The fourth-order valence-electron chi connectivity index (χ4n) is 4.88. The van der Waals surface area contributed by atoms with Crippen LogP contribution in [0.1, 0.15) is 32.3 Å². The second kappa shape index (κ2) is 9.25. The van der Waals surface area contributed by atoms with Crippen molar-refractivity contribution in [2.45, 2.75) is 39.2 Å². The fourth-order valence-corrected chi connectivity index (χ4v) is 4.88. The number of para-hydroxylation sites is 1. The van der Waals surface area contributed by atoms with Crippen LogP contribution in [-0.4, -0.2) is 59.4 Å². The number of hydrogen-bond acceptors (Lipinski definition) is 4. The molecule has 4 rings (SSSR count). The highest BCUT2D eigenvalue weighted by Gasteiger charge is 2.54. The number of carbonyl (C=O) groups is 3. The SMILES string of the molecule is Cc1cccc(NC(=O)CN2CN(c3ccccc3)C3(CCN(C(=O)C(C)C)CC3)C2=O)c1. The minimum absolute atomic E-state index is 0.00744. The van der Waals surface area contributed by atoms with Crippen LogP contribution in [0.25, 0.3) is 0 Å². The Kier molecular flexibility index (Phi) is 6.40. The lowest BCUT2D eigenvalue weighted by molar-refractivity contribution is -0.140. The summed E-state index contributed by atoms with van der Waals surface area (Å²) in [6.07, 6.45) is 1.10. The van der Waals surface area contributed by atoms with Gasteiger partial charge < -0.3 is 20.0 Å². The van der Waals surface area contributed by atoms with Crippen molar-refractivity contribution in [3.05, 3.63) is 60.2 Å². The molecule has 0 aromatic heterocycles. The number of piperidine rings is 1. The van der Waals surface area contributed by atoms with Crippen molar-refractivity contribution in [1.29, 1.82) is 0 Å². The molecular formula is C26H32N4O3. The minimum atomic E-state index is -0.737. The van der Waals surface area contributed by atoms with Crippen molar-refractivity contribution in [2.75, 3.05) is 36.5 Å². The molecule has 7 nitrogen and oxygen atoms in total. The van der Waals surface area contributed by atoms with Crippen molar-refractivity contribution < 1.29 is 14.4 Å². The van der Waals surface area contributed by atoms with Crippen LogP contribution in [0.3, 0.4) is 0 Å². The van der Waals surface area contributed by atoms with Crippen LogP contribution in [0.15, 0.2) is 54.6 Å². The summed E-state index contributed by atoms with van der Waals surface area (Å²) in [6, 6.07) is 17.5. The number of rotatable bonds is 5. The monoisotopic (exact) mass is 448 g/mol. The second-order valence-corrected chi connectivity index (χ2v) is 9.34. The Morgan fingerprint density at radius 2 is 1.73 bits per heavy atom. The van der Waals surface area contributed by atoms with Crippen LogP contribution in [0, 0.1) is 12.8 Å². The standard InChI is InChI=1S/C26H32N4O3/c1-19(2)24(32)28-14-12-26(13-15-28)25(33)29(18-30(26)22-10-5-4-6-11-22)17-23(31)27-21-9-7-8-20(3)16-21/h4-11,16,19H,12-15,17-18H2,1-3H3,(H,27,31). The Morgan fingerprint density at radius 3 is 2.36 bits per heavy atom. The maximum Gasteiger partial charge on any atom is 0.250 e. The van der Waals surface area contributed by atoms with E-state index in [1.54, 1.807) is 4.90 Å². The highest BCUT2D eigenvalue weighted by molar-refractivity contribution is 5.99. The van der Waals surface area contributed by atoms with E-state index in [0.29, 0.717) is 32.6 Å². The summed E-state index contributed by atoms with van der Waals surface area (Å²) in [4.78, 5) is 44.6. The van der Waals surface area contributed by atoms with Crippen molar-refractivity contribution in [2.24, 2.45) is 5.92 Å². The molecule has 0 unspecified atom stereocenters. The van der Waals surface area contributed by atoms with E-state index in [9.17, 15) is 14.4 Å². The number of nitrogens with zero attached hydrogens (tertiary/aromatic N) is 3. The molecule has 0 radical (unpaired) electrons. The van der Waals surface area contributed by atoms with Crippen LogP contribution in [0.2, 0.25) is 0 Å². The molecule has 0 aliphatic carbocycles. The van der Waals surface area contributed by atoms with Crippen LogP contribution in [0.5, 0.6) is 0 Å². The maximum atomic E-state index is 13.7. The van der Waals surface area contributed by atoms with Gasteiger partial charge >= 0.3 is 0 Å².